The summed E-state index contributed by atoms with van der Waals surface area (Å²) < 4.78 is 18.1. The highest BCUT2D eigenvalue weighted by molar-refractivity contribution is 5.66. The van der Waals surface area contributed by atoms with Gasteiger partial charge in [0.15, 0.2) is 0 Å². The molecular formula is C16H23N3O6. The number of carbonyl (C=O) groups is 1. The average Bonchev–Trinajstić information content (AvgIpc) is 2.93. The number of H-pyrrole nitrogens is 1. The summed E-state index contributed by atoms with van der Waals surface area (Å²) in [4.78, 5) is 39.5. The molecule has 1 aromatic rings. The van der Waals surface area contributed by atoms with Crippen molar-refractivity contribution in [3.8, 4) is 0 Å². The fraction of sp³-hybridized carbons (Fsp3) is 0.688. The molecule has 2 aliphatic heterocycles. The summed E-state index contributed by atoms with van der Waals surface area (Å²) in [5.74, 6) is -0.383. The van der Waals surface area contributed by atoms with Gasteiger partial charge in [0.05, 0.1) is 13.2 Å². The number of nitrogens with one attached hydrogen (secondary N) is 1. The first-order chi connectivity index (χ1) is 11.9. The van der Waals surface area contributed by atoms with Gasteiger partial charge in [-0.15, -0.1) is 0 Å². The molecule has 2 fully saturated rings. The Morgan fingerprint density at radius 3 is 2.76 bits per heavy atom. The second-order valence-corrected chi connectivity index (χ2v) is 6.40. The van der Waals surface area contributed by atoms with Crippen LogP contribution in [0.1, 0.15) is 25.1 Å². The fourth-order valence-electron chi connectivity index (χ4n) is 3.21. The number of carbonyl (C=O) groups excluding carboxylic acids is 1. The summed E-state index contributed by atoms with van der Waals surface area (Å²) in [6, 6.07) is 0. The molecule has 0 aliphatic carbocycles. The van der Waals surface area contributed by atoms with Gasteiger partial charge in [-0.05, 0) is 6.92 Å². The SMILES string of the molecule is CC(=O)O[C@@H]1C[C@H](n2cc(C)c(=O)[nH]c2=O)O[C@@H]1CN1CCOCC1. The van der Waals surface area contributed by atoms with E-state index in [-0.39, 0.29) is 12.1 Å². The smallest absolute Gasteiger partial charge is 0.330 e. The Kier molecular flexibility index (Phi) is 5.36. The van der Waals surface area contributed by atoms with Crippen molar-refractivity contribution in [3.05, 3.63) is 32.6 Å². The third kappa shape index (κ3) is 4.17. The Labute approximate surface area is 144 Å². The number of morpholine rings is 1. The van der Waals surface area contributed by atoms with Crippen LogP contribution in [0.3, 0.4) is 0 Å². The number of ether oxygens (including phenoxy) is 3. The highest BCUT2D eigenvalue weighted by Gasteiger charge is 2.40. The van der Waals surface area contributed by atoms with Gasteiger partial charge < -0.3 is 14.2 Å². The quantitative estimate of drug-likeness (QED) is 0.721. The molecule has 138 valence electrons. The first-order valence-electron chi connectivity index (χ1n) is 8.39. The highest BCUT2D eigenvalue weighted by Crippen LogP contribution is 2.30. The molecule has 3 rings (SSSR count). The molecule has 9 heteroatoms. The number of rotatable bonds is 4. The minimum absolute atomic E-state index is 0.342. The predicted octanol–water partition coefficient (Wildman–Crippen LogP) is -0.604. The van der Waals surface area contributed by atoms with E-state index in [2.05, 4.69) is 9.88 Å². The van der Waals surface area contributed by atoms with Gasteiger partial charge in [-0.25, -0.2) is 4.79 Å². The standard InChI is InChI=1S/C16H23N3O6/c1-10-8-19(16(22)17-15(10)21)14-7-12(24-11(2)20)13(25-14)9-18-3-5-23-6-4-18/h8,12-14H,3-7,9H2,1-2H3,(H,17,21,22)/t12-,13-,14-/m1/s1. The zero-order valence-corrected chi connectivity index (χ0v) is 14.4. The molecule has 0 amide bonds. The number of esters is 1. The summed E-state index contributed by atoms with van der Waals surface area (Å²) in [6.07, 6.45) is 0.474. The van der Waals surface area contributed by atoms with E-state index in [9.17, 15) is 14.4 Å². The van der Waals surface area contributed by atoms with Gasteiger partial charge in [0, 0.05) is 44.7 Å². The number of hydrogen-bond donors (Lipinski definition) is 1. The summed E-state index contributed by atoms with van der Waals surface area (Å²) in [5, 5.41) is 0. The normalized spacial score (nSPS) is 27.4. The van der Waals surface area contributed by atoms with Crippen LogP contribution in [0.15, 0.2) is 15.8 Å². The molecule has 1 N–H and O–H groups in total. The van der Waals surface area contributed by atoms with Crippen molar-refractivity contribution in [2.24, 2.45) is 0 Å². The van der Waals surface area contributed by atoms with Gasteiger partial charge in [0.25, 0.3) is 5.56 Å². The van der Waals surface area contributed by atoms with E-state index in [1.54, 1.807) is 6.92 Å². The average molecular weight is 353 g/mol. The molecule has 0 saturated carbocycles. The number of hydrogen-bond acceptors (Lipinski definition) is 7. The van der Waals surface area contributed by atoms with E-state index in [4.69, 9.17) is 14.2 Å². The van der Waals surface area contributed by atoms with E-state index in [1.165, 1.54) is 17.7 Å². The first kappa shape index (κ1) is 17.8. The molecule has 2 saturated heterocycles. The largest absolute Gasteiger partial charge is 0.460 e. The Bertz CT molecular complexity index is 736. The van der Waals surface area contributed by atoms with Crippen molar-refractivity contribution in [2.75, 3.05) is 32.8 Å². The fourth-order valence-corrected chi connectivity index (χ4v) is 3.21. The molecule has 9 nitrogen and oxygen atoms in total. The lowest BCUT2D eigenvalue weighted by molar-refractivity contribution is -0.150. The zero-order chi connectivity index (χ0) is 18.0. The molecule has 2 aliphatic rings. The first-order valence-corrected chi connectivity index (χ1v) is 8.39. The second-order valence-electron chi connectivity index (χ2n) is 6.40. The lowest BCUT2D eigenvalue weighted by Gasteiger charge is -2.30. The second kappa shape index (κ2) is 7.51. The Morgan fingerprint density at radius 1 is 1.36 bits per heavy atom. The Balaban J connectivity index is 1.78. The lowest BCUT2D eigenvalue weighted by atomic mass is 10.1. The highest BCUT2D eigenvalue weighted by atomic mass is 16.6. The topological polar surface area (TPSA) is 103 Å². The van der Waals surface area contributed by atoms with Crippen LogP contribution in [0.25, 0.3) is 0 Å². The van der Waals surface area contributed by atoms with E-state index >= 15 is 0 Å². The van der Waals surface area contributed by atoms with Crippen molar-refractivity contribution < 1.29 is 19.0 Å². The van der Waals surface area contributed by atoms with Gasteiger partial charge >= 0.3 is 11.7 Å². The molecular weight excluding hydrogens is 330 g/mol. The van der Waals surface area contributed by atoms with E-state index in [1.807, 2.05) is 0 Å². The summed E-state index contributed by atoms with van der Waals surface area (Å²) in [6.45, 7) is 6.47. The van der Waals surface area contributed by atoms with Crippen molar-refractivity contribution in [1.29, 1.82) is 0 Å². The third-order valence-electron chi connectivity index (χ3n) is 4.50. The van der Waals surface area contributed by atoms with Crippen molar-refractivity contribution in [3.63, 3.8) is 0 Å². The van der Waals surface area contributed by atoms with Gasteiger partial charge in [0.1, 0.15) is 18.4 Å². The molecule has 0 bridgehead atoms. The van der Waals surface area contributed by atoms with Crippen molar-refractivity contribution >= 4 is 5.97 Å². The van der Waals surface area contributed by atoms with Crippen LogP contribution in [0.4, 0.5) is 0 Å². The molecule has 0 radical (unpaired) electrons. The molecule has 25 heavy (non-hydrogen) atoms. The maximum absolute atomic E-state index is 12.1. The van der Waals surface area contributed by atoms with Crippen molar-refractivity contribution in [1.82, 2.24) is 14.5 Å². The molecule has 0 spiro atoms. The zero-order valence-electron chi connectivity index (χ0n) is 14.4. The van der Waals surface area contributed by atoms with E-state index < -0.39 is 23.6 Å². The van der Waals surface area contributed by atoms with E-state index in [0.717, 1.165) is 13.1 Å². The van der Waals surface area contributed by atoms with Crippen LogP contribution < -0.4 is 11.2 Å². The van der Waals surface area contributed by atoms with Crippen LogP contribution in [-0.4, -0.2) is 65.5 Å². The summed E-state index contributed by atoms with van der Waals surface area (Å²) >= 11 is 0. The lowest BCUT2D eigenvalue weighted by Crippen LogP contribution is -2.44. The van der Waals surface area contributed by atoms with Crippen LogP contribution in [0.2, 0.25) is 0 Å². The van der Waals surface area contributed by atoms with Crippen LogP contribution >= 0.6 is 0 Å². The van der Waals surface area contributed by atoms with Crippen LogP contribution in [-0.2, 0) is 19.0 Å². The summed E-state index contributed by atoms with van der Waals surface area (Å²) in [7, 11) is 0. The predicted molar refractivity (Wildman–Crippen MR) is 87.4 cm³/mol. The number of aromatic amines is 1. The molecule has 0 unspecified atom stereocenters. The van der Waals surface area contributed by atoms with Crippen LogP contribution in [0.5, 0.6) is 0 Å². The van der Waals surface area contributed by atoms with Gasteiger partial charge in [0.2, 0.25) is 0 Å². The molecule has 0 aromatic carbocycles. The minimum atomic E-state index is -0.585. The van der Waals surface area contributed by atoms with Crippen molar-refractivity contribution in [2.45, 2.75) is 38.7 Å². The maximum Gasteiger partial charge on any atom is 0.330 e. The number of nitrogens with zero attached hydrogens (tertiary/aromatic N) is 2. The monoisotopic (exact) mass is 353 g/mol. The molecule has 1 aromatic heterocycles. The Morgan fingerprint density at radius 2 is 2.08 bits per heavy atom. The Hall–Kier alpha value is -1.97. The number of aryl methyl sites for hydroxylation is 1. The third-order valence-corrected chi connectivity index (χ3v) is 4.50. The van der Waals surface area contributed by atoms with Gasteiger partial charge in [-0.2, -0.15) is 0 Å². The van der Waals surface area contributed by atoms with E-state index in [0.29, 0.717) is 31.7 Å². The molecule has 3 heterocycles. The maximum atomic E-state index is 12.1. The molecule has 3 atom stereocenters. The van der Waals surface area contributed by atoms with Gasteiger partial charge in [-0.3, -0.25) is 24.0 Å². The number of aromatic nitrogens is 2. The van der Waals surface area contributed by atoms with Crippen LogP contribution in [0, 0.1) is 6.92 Å². The summed E-state index contributed by atoms with van der Waals surface area (Å²) in [5.41, 5.74) is -0.529. The van der Waals surface area contributed by atoms with Gasteiger partial charge in [-0.1, -0.05) is 0 Å². The minimum Gasteiger partial charge on any atom is -0.460 e.